The standard InChI is InChI=1S/C10H13N5O4.C6H15NO2.H4O7P2/c11-8-5-9(13-2-12-8)15(3-14-5)10-7(18)6(17)4(1-16)19-10;1-5(8-3)7-6(2)9-4;1-8(2,3)7-9(4,5)6/h2-4,6-7,10,16-18H,1H2,(H2,11,12,13);5-7H,1-4H3;(H2,1,2,3)(H2,4,5,6)/t4-,6-,7-,10-;;/m1../s1. The zero-order valence-corrected chi connectivity index (χ0v) is 22.0. The van der Waals surface area contributed by atoms with Crippen molar-refractivity contribution in [3.05, 3.63) is 12.7 Å². The van der Waals surface area contributed by atoms with E-state index in [4.69, 9.17) is 44.6 Å². The molecule has 214 valence electrons. The Morgan fingerprint density at radius 3 is 2.00 bits per heavy atom. The molecule has 2 unspecified atom stereocenters. The fourth-order valence-electron chi connectivity index (χ4n) is 2.77. The maximum absolute atomic E-state index is 9.95. The Morgan fingerprint density at radius 2 is 1.59 bits per heavy atom. The topological polar surface area (TPSA) is 294 Å². The van der Waals surface area contributed by atoms with E-state index in [1.807, 2.05) is 13.8 Å². The molecule has 0 radical (unpaired) electrons. The van der Waals surface area contributed by atoms with E-state index in [1.54, 1.807) is 14.2 Å². The Bertz CT molecular complexity index is 1040. The van der Waals surface area contributed by atoms with Crippen molar-refractivity contribution >= 4 is 32.6 Å². The van der Waals surface area contributed by atoms with E-state index >= 15 is 0 Å². The molecule has 6 atom stereocenters. The molecule has 37 heavy (non-hydrogen) atoms. The van der Waals surface area contributed by atoms with Crippen LogP contribution in [0.15, 0.2) is 12.7 Å². The summed E-state index contributed by atoms with van der Waals surface area (Å²) in [6.07, 6.45) is -1.31. The van der Waals surface area contributed by atoms with Crippen LogP contribution in [0.5, 0.6) is 0 Å². The van der Waals surface area contributed by atoms with Crippen molar-refractivity contribution in [3.63, 3.8) is 0 Å². The Labute approximate surface area is 210 Å². The maximum Gasteiger partial charge on any atom is 0.478 e. The van der Waals surface area contributed by atoms with Crippen LogP contribution >= 0.6 is 15.6 Å². The van der Waals surface area contributed by atoms with Crippen LogP contribution in [0.3, 0.4) is 0 Å². The van der Waals surface area contributed by atoms with Crippen molar-refractivity contribution in [2.24, 2.45) is 0 Å². The van der Waals surface area contributed by atoms with Crippen molar-refractivity contribution in [1.29, 1.82) is 0 Å². The molecule has 0 aliphatic carbocycles. The summed E-state index contributed by atoms with van der Waals surface area (Å²) >= 11 is 0. The first-order chi connectivity index (χ1) is 17.0. The molecular weight excluding hydrogens is 546 g/mol. The highest BCUT2D eigenvalue weighted by molar-refractivity contribution is 7.60. The molecule has 0 bridgehead atoms. The first kappa shape index (κ1) is 33.4. The summed E-state index contributed by atoms with van der Waals surface area (Å²) in [6.45, 7) is 3.46. The summed E-state index contributed by atoms with van der Waals surface area (Å²) in [6, 6.07) is 0. The molecule has 3 heterocycles. The number of hydrogen-bond donors (Lipinski definition) is 9. The van der Waals surface area contributed by atoms with Gasteiger partial charge in [-0.25, -0.2) is 24.1 Å². The van der Waals surface area contributed by atoms with Gasteiger partial charge in [0.05, 0.1) is 12.9 Å². The van der Waals surface area contributed by atoms with Gasteiger partial charge in [0.25, 0.3) is 0 Å². The normalized spacial score (nSPS) is 23.5. The summed E-state index contributed by atoms with van der Waals surface area (Å²) in [7, 11) is -6.80. The maximum atomic E-state index is 9.95. The molecule has 21 heteroatoms. The van der Waals surface area contributed by atoms with Crippen molar-refractivity contribution in [3.8, 4) is 0 Å². The van der Waals surface area contributed by atoms with Gasteiger partial charge in [0, 0.05) is 14.2 Å². The first-order valence-corrected chi connectivity index (χ1v) is 13.3. The predicted octanol–water partition coefficient (Wildman–Crippen LogP) is -2.23. The largest absolute Gasteiger partial charge is 0.478 e. The quantitative estimate of drug-likeness (QED) is 0.118. The molecule has 10 N–H and O–H groups in total. The number of nitrogens with one attached hydrogen (secondary N) is 1. The molecule has 0 saturated carbocycles. The number of rotatable bonds is 8. The lowest BCUT2D eigenvalue weighted by molar-refractivity contribution is -0.0511. The van der Waals surface area contributed by atoms with Gasteiger partial charge in [-0.3, -0.25) is 9.88 Å². The van der Waals surface area contributed by atoms with Crippen LogP contribution in [0.25, 0.3) is 11.2 Å². The minimum Gasteiger partial charge on any atom is -0.394 e. The number of imidazole rings is 1. The second-order valence-electron chi connectivity index (χ2n) is 7.30. The van der Waals surface area contributed by atoms with Gasteiger partial charge in [-0.2, -0.15) is 4.31 Å². The van der Waals surface area contributed by atoms with Crippen LogP contribution < -0.4 is 11.1 Å². The highest BCUT2D eigenvalue weighted by atomic mass is 31.3. The molecular formula is C16H32N6O13P2. The summed E-state index contributed by atoms with van der Waals surface area (Å²) in [4.78, 5) is 42.9. The zero-order chi connectivity index (χ0) is 28.6. The lowest BCUT2D eigenvalue weighted by atomic mass is 10.1. The van der Waals surface area contributed by atoms with E-state index in [-0.39, 0.29) is 18.3 Å². The average Bonchev–Trinajstić information content (AvgIpc) is 3.34. The zero-order valence-electron chi connectivity index (χ0n) is 20.2. The molecule has 2 aromatic rings. The number of aliphatic hydroxyl groups is 3. The van der Waals surface area contributed by atoms with Crippen LogP contribution in [0.1, 0.15) is 20.1 Å². The number of nitrogen functional groups attached to an aromatic ring is 1. The van der Waals surface area contributed by atoms with Gasteiger partial charge < -0.3 is 54.8 Å². The molecule has 19 nitrogen and oxygen atoms in total. The average molecular weight is 578 g/mol. The number of anilines is 1. The fourth-order valence-corrected chi connectivity index (χ4v) is 3.88. The lowest BCUT2D eigenvalue weighted by Gasteiger charge is -2.16. The van der Waals surface area contributed by atoms with E-state index in [2.05, 4.69) is 24.6 Å². The summed E-state index contributed by atoms with van der Waals surface area (Å²) in [5, 5.41) is 31.8. The second kappa shape index (κ2) is 14.5. The monoisotopic (exact) mass is 578 g/mol. The van der Waals surface area contributed by atoms with Crippen LogP contribution in [-0.2, 0) is 27.7 Å². The summed E-state index contributed by atoms with van der Waals surface area (Å²) < 4.78 is 38.9. The van der Waals surface area contributed by atoms with Gasteiger partial charge in [-0.1, -0.05) is 0 Å². The second-order valence-corrected chi connectivity index (χ2v) is 9.91. The van der Waals surface area contributed by atoms with Crippen LogP contribution in [0, 0.1) is 0 Å². The number of methoxy groups -OCH3 is 2. The van der Waals surface area contributed by atoms with E-state index in [1.165, 1.54) is 17.2 Å². The number of nitrogens with two attached hydrogens (primary N) is 1. The molecule has 1 aliphatic rings. The molecule has 1 saturated heterocycles. The van der Waals surface area contributed by atoms with E-state index < -0.39 is 46.8 Å². The highest BCUT2D eigenvalue weighted by Crippen LogP contribution is 2.53. The van der Waals surface area contributed by atoms with E-state index in [0.717, 1.165) is 0 Å². The Hall–Kier alpha value is -1.67. The SMILES string of the molecule is COC(C)NC(C)OC.Nc1ncnc2c1ncn2[C@@H]1O[C@H](CO)[C@@H](O)[C@H]1O.O=P(O)(O)OP(=O)(O)O. The van der Waals surface area contributed by atoms with Gasteiger partial charge in [0.1, 0.15) is 42.6 Å². The number of phosphoric acid groups is 2. The third-order valence-corrected chi connectivity index (χ3v) is 6.27. The van der Waals surface area contributed by atoms with Gasteiger partial charge in [0.2, 0.25) is 0 Å². The molecule has 2 aromatic heterocycles. The van der Waals surface area contributed by atoms with E-state index in [0.29, 0.717) is 11.2 Å². The van der Waals surface area contributed by atoms with Gasteiger partial charge in [-0.15, -0.1) is 0 Å². The van der Waals surface area contributed by atoms with Crippen LogP contribution in [-0.4, -0.2) is 106 Å². The summed E-state index contributed by atoms with van der Waals surface area (Å²) in [5.41, 5.74) is 6.44. The fraction of sp³-hybridized carbons (Fsp3) is 0.688. The van der Waals surface area contributed by atoms with Gasteiger partial charge in [-0.05, 0) is 13.8 Å². The number of ether oxygens (including phenoxy) is 3. The number of aliphatic hydroxyl groups excluding tert-OH is 3. The molecule has 0 amide bonds. The lowest BCUT2D eigenvalue weighted by Crippen LogP contribution is -2.36. The predicted molar refractivity (Wildman–Crippen MR) is 124 cm³/mol. The van der Waals surface area contributed by atoms with Crippen molar-refractivity contribution in [2.45, 2.75) is 50.8 Å². The van der Waals surface area contributed by atoms with Crippen LogP contribution in [0.4, 0.5) is 5.82 Å². The Kier molecular flexibility index (Phi) is 13.0. The smallest absolute Gasteiger partial charge is 0.394 e. The number of fused-ring (bicyclic) bond motifs is 1. The summed E-state index contributed by atoms with van der Waals surface area (Å²) in [5.74, 6) is 0.218. The molecule has 1 fully saturated rings. The molecule has 3 rings (SSSR count). The molecule has 0 spiro atoms. The van der Waals surface area contributed by atoms with Gasteiger partial charge >= 0.3 is 15.6 Å². The first-order valence-electron chi connectivity index (χ1n) is 10.2. The Morgan fingerprint density at radius 1 is 1.05 bits per heavy atom. The number of hydrogen-bond acceptors (Lipinski definition) is 14. The van der Waals surface area contributed by atoms with Gasteiger partial charge in [0.15, 0.2) is 17.7 Å². The van der Waals surface area contributed by atoms with Crippen LogP contribution in [0.2, 0.25) is 0 Å². The minimum absolute atomic E-state index is 0.0555. The number of nitrogens with zero attached hydrogens (tertiary/aromatic N) is 4. The van der Waals surface area contributed by atoms with E-state index in [9.17, 15) is 19.3 Å². The Balaban J connectivity index is 0.000000322. The highest BCUT2D eigenvalue weighted by Gasteiger charge is 2.44. The third kappa shape index (κ3) is 10.9. The van der Waals surface area contributed by atoms with Crippen molar-refractivity contribution in [1.82, 2.24) is 24.8 Å². The molecule has 1 aliphatic heterocycles. The number of aromatic nitrogens is 4. The third-order valence-electron chi connectivity index (χ3n) is 4.57. The van der Waals surface area contributed by atoms with Crippen molar-refractivity contribution in [2.75, 3.05) is 26.6 Å². The minimum atomic E-state index is -5.05. The van der Waals surface area contributed by atoms with Crippen molar-refractivity contribution < 1.29 is 62.5 Å². The molecule has 0 aromatic carbocycles.